The first-order valence-corrected chi connectivity index (χ1v) is 11.9. The molecule has 0 saturated carbocycles. The van der Waals surface area contributed by atoms with E-state index in [1.165, 1.54) is 0 Å². The molecule has 0 spiro atoms. The Kier molecular flexibility index (Phi) is 5.90. The largest absolute Gasteiger partial charge is 0.357 e. The fourth-order valence-electron chi connectivity index (χ4n) is 3.56. The molecule has 10 heteroatoms. The SMILES string of the molecule is CCS(=O)(=O)NCc1[nH]c2c(Cl)c(Cl)ccc2c1-c1cnn(C2CCCCO2)c1. The summed E-state index contributed by atoms with van der Waals surface area (Å²) in [7, 11) is -3.35. The molecular formula is C19H22Cl2N4O3S. The molecule has 1 atom stereocenters. The minimum absolute atomic E-state index is 0.00605. The molecule has 2 N–H and O–H groups in total. The number of aromatic amines is 1. The average Bonchev–Trinajstić information content (AvgIpc) is 3.35. The standard InChI is InChI=1S/C19H22Cl2N4O3S/c1-2-29(26,27)23-10-15-17(13-6-7-14(20)18(21)19(13)24-15)12-9-22-25(11-12)16-5-3-4-8-28-16/h6-7,9,11,16,23-24H,2-5,8,10H2,1H3. The predicted molar refractivity (Wildman–Crippen MR) is 115 cm³/mol. The summed E-state index contributed by atoms with van der Waals surface area (Å²) in [6.45, 7) is 2.43. The van der Waals surface area contributed by atoms with Crippen LogP contribution in [0.4, 0.5) is 0 Å². The average molecular weight is 457 g/mol. The van der Waals surface area contributed by atoms with Crippen molar-refractivity contribution < 1.29 is 13.2 Å². The van der Waals surface area contributed by atoms with E-state index in [9.17, 15) is 8.42 Å². The number of nitrogens with one attached hydrogen (secondary N) is 2. The van der Waals surface area contributed by atoms with Gasteiger partial charge in [-0.3, -0.25) is 0 Å². The fourth-order valence-corrected chi connectivity index (χ4v) is 4.50. The van der Waals surface area contributed by atoms with E-state index in [4.69, 9.17) is 27.9 Å². The minimum Gasteiger partial charge on any atom is -0.357 e. The third kappa shape index (κ3) is 4.18. The van der Waals surface area contributed by atoms with Crippen molar-refractivity contribution in [1.29, 1.82) is 0 Å². The summed E-state index contributed by atoms with van der Waals surface area (Å²) in [6, 6.07) is 3.61. The van der Waals surface area contributed by atoms with Gasteiger partial charge in [0.15, 0.2) is 0 Å². The van der Waals surface area contributed by atoms with E-state index in [1.807, 2.05) is 16.9 Å². The zero-order valence-electron chi connectivity index (χ0n) is 15.9. The number of H-pyrrole nitrogens is 1. The lowest BCUT2D eigenvalue weighted by atomic mass is 10.1. The molecule has 0 aliphatic carbocycles. The summed E-state index contributed by atoms with van der Waals surface area (Å²) >= 11 is 12.6. The maximum atomic E-state index is 12.0. The van der Waals surface area contributed by atoms with Crippen molar-refractivity contribution in [2.75, 3.05) is 12.4 Å². The number of rotatable bonds is 6. The van der Waals surface area contributed by atoms with Gasteiger partial charge < -0.3 is 9.72 Å². The monoisotopic (exact) mass is 456 g/mol. The van der Waals surface area contributed by atoms with Gasteiger partial charge in [-0.1, -0.05) is 29.3 Å². The number of hydrogen-bond donors (Lipinski definition) is 2. The number of aromatic nitrogens is 3. The van der Waals surface area contributed by atoms with Crippen LogP contribution in [-0.4, -0.2) is 35.5 Å². The van der Waals surface area contributed by atoms with Gasteiger partial charge in [0.1, 0.15) is 6.23 Å². The Morgan fingerprint density at radius 3 is 2.90 bits per heavy atom. The van der Waals surface area contributed by atoms with Crippen molar-refractivity contribution in [3.63, 3.8) is 0 Å². The van der Waals surface area contributed by atoms with E-state index in [1.54, 1.807) is 19.2 Å². The molecule has 1 aliphatic heterocycles. The fraction of sp³-hybridized carbons (Fsp3) is 0.421. The summed E-state index contributed by atoms with van der Waals surface area (Å²) in [5.74, 6) is 0.00605. The normalized spacial score (nSPS) is 17.8. The zero-order chi connectivity index (χ0) is 20.6. The second-order valence-corrected chi connectivity index (χ2v) is 9.90. The Morgan fingerprint density at radius 2 is 2.17 bits per heavy atom. The number of benzene rings is 1. The van der Waals surface area contributed by atoms with Crippen LogP contribution in [0.3, 0.4) is 0 Å². The Hall–Kier alpha value is -1.58. The maximum Gasteiger partial charge on any atom is 0.211 e. The summed E-state index contributed by atoms with van der Waals surface area (Å²) in [6.07, 6.45) is 6.70. The van der Waals surface area contributed by atoms with Crippen LogP contribution < -0.4 is 4.72 Å². The lowest BCUT2D eigenvalue weighted by molar-refractivity contribution is -0.0394. The topological polar surface area (TPSA) is 89.0 Å². The Labute approximate surface area is 179 Å². The summed E-state index contributed by atoms with van der Waals surface area (Å²) in [5.41, 5.74) is 3.07. The Balaban J connectivity index is 1.78. The molecule has 2 aromatic heterocycles. The van der Waals surface area contributed by atoms with Gasteiger partial charge in [-0.2, -0.15) is 5.10 Å². The van der Waals surface area contributed by atoms with E-state index in [0.717, 1.165) is 42.4 Å². The van der Waals surface area contributed by atoms with Crippen LogP contribution in [0.5, 0.6) is 0 Å². The van der Waals surface area contributed by atoms with E-state index in [2.05, 4.69) is 14.8 Å². The van der Waals surface area contributed by atoms with Crippen LogP contribution >= 0.6 is 23.2 Å². The van der Waals surface area contributed by atoms with Gasteiger partial charge in [-0.15, -0.1) is 0 Å². The van der Waals surface area contributed by atoms with Gasteiger partial charge in [0.25, 0.3) is 0 Å². The van der Waals surface area contributed by atoms with Crippen LogP contribution in [0.15, 0.2) is 24.5 Å². The molecule has 0 radical (unpaired) electrons. The van der Waals surface area contributed by atoms with Crippen molar-refractivity contribution in [2.45, 2.75) is 39.0 Å². The molecule has 0 bridgehead atoms. The molecule has 1 unspecified atom stereocenters. The molecule has 29 heavy (non-hydrogen) atoms. The van der Waals surface area contributed by atoms with Gasteiger partial charge in [-0.25, -0.2) is 17.8 Å². The lowest BCUT2D eigenvalue weighted by Gasteiger charge is -2.22. The van der Waals surface area contributed by atoms with Crippen molar-refractivity contribution >= 4 is 44.1 Å². The van der Waals surface area contributed by atoms with Crippen molar-refractivity contribution in [1.82, 2.24) is 19.5 Å². The number of sulfonamides is 1. The first-order valence-electron chi connectivity index (χ1n) is 9.51. The van der Waals surface area contributed by atoms with Crippen molar-refractivity contribution in [3.05, 3.63) is 40.3 Å². The molecule has 4 rings (SSSR count). The van der Waals surface area contributed by atoms with E-state index < -0.39 is 10.0 Å². The van der Waals surface area contributed by atoms with Gasteiger partial charge in [-0.05, 0) is 32.3 Å². The molecule has 7 nitrogen and oxygen atoms in total. The van der Waals surface area contributed by atoms with Crippen LogP contribution in [0.25, 0.3) is 22.0 Å². The molecule has 1 aliphatic rings. The molecular weight excluding hydrogens is 435 g/mol. The minimum atomic E-state index is -3.35. The molecule has 1 aromatic carbocycles. The summed E-state index contributed by atoms with van der Waals surface area (Å²) in [4.78, 5) is 3.25. The van der Waals surface area contributed by atoms with Crippen molar-refractivity contribution in [3.8, 4) is 11.1 Å². The Bertz CT molecular complexity index is 1130. The molecule has 0 amide bonds. The van der Waals surface area contributed by atoms with E-state index in [-0.39, 0.29) is 18.5 Å². The number of hydrogen-bond acceptors (Lipinski definition) is 4. The smallest absolute Gasteiger partial charge is 0.211 e. The molecule has 1 fully saturated rings. The highest BCUT2D eigenvalue weighted by molar-refractivity contribution is 7.89. The van der Waals surface area contributed by atoms with Crippen LogP contribution in [-0.2, 0) is 21.3 Å². The van der Waals surface area contributed by atoms with Crippen LogP contribution in [0.2, 0.25) is 10.0 Å². The van der Waals surface area contributed by atoms with E-state index in [0.29, 0.717) is 21.3 Å². The highest BCUT2D eigenvalue weighted by Gasteiger charge is 2.22. The Morgan fingerprint density at radius 1 is 1.34 bits per heavy atom. The third-order valence-corrected chi connectivity index (χ3v) is 7.28. The van der Waals surface area contributed by atoms with Gasteiger partial charge in [0.05, 0.1) is 34.1 Å². The quantitative estimate of drug-likeness (QED) is 0.572. The van der Waals surface area contributed by atoms with Gasteiger partial charge >= 0.3 is 0 Å². The second-order valence-electron chi connectivity index (χ2n) is 7.02. The van der Waals surface area contributed by atoms with Gasteiger partial charge in [0, 0.05) is 35.0 Å². The first-order chi connectivity index (χ1) is 13.9. The maximum absolute atomic E-state index is 12.0. The molecule has 3 heterocycles. The predicted octanol–water partition coefficient (Wildman–Crippen LogP) is 4.48. The highest BCUT2D eigenvalue weighted by Crippen LogP contribution is 2.39. The number of fused-ring (bicyclic) bond motifs is 1. The number of ether oxygens (including phenoxy) is 1. The van der Waals surface area contributed by atoms with E-state index >= 15 is 0 Å². The van der Waals surface area contributed by atoms with Crippen LogP contribution in [0.1, 0.15) is 38.1 Å². The van der Waals surface area contributed by atoms with Crippen molar-refractivity contribution in [2.24, 2.45) is 0 Å². The lowest BCUT2D eigenvalue weighted by Crippen LogP contribution is -2.25. The number of nitrogens with zero attached hydrogens (tertiary/aromatic N) is 2. The molecule has 1 saturated heterocycles. The second kappa shape index (κ2) is 8.28. The third-order valence-electron chi connectivity index (χ3n) is 5.13. The summed E-state index contributed by atoms with van der Waals surface area (Å²) in [5, 5.41) is 6.18. The van der Waals surface area contributed by atoms with Gasteiger partial charge in [0.2, 0.25) is 10.0 Å². The summed E-state index contributed by atoms with van der Waals surface area (Å²) < 4.78 is 34.2. The zero-order valence-corrected chi connectivity index (χ0v) is 18.2. The van der Waals surface area contributed by atoms with Crippen LogP contribution in [0, 0.1) is 0 Å². The highest BCUT2D eigenvalue weighted by atomic mass is 35.5. The molecule has 3 aromatic rings. The number of halogens is 2. The molecule has 156 valence electrons. The first kappa shape index (κ1) is 20.7.